The fourth-order valence-electron chi connectivity index (χ4n) is 1.87. The van der Waals surface area contributed by atoms with Crippen LogP contribution in [0.3, 0.4) is 0 Å². The topological polar surface area (TPSA) is 60.8 Å². The van der Waals surface area contributed by atoms with Gasteiger partial charge in [-0.3, -0.25) is 4.79 Å². The average molecular weight is 221 g/mol. The Balaban J connectivity index is 2.01. The van der Waals surface area contributed by atoms with Gasteiger partial charge in [0.2, 0.25) is 5.91 Å². The van der Waals surface area contributed by atoms with Gasteiger partial charge >= 0.3 is 0 Å². The summed E-state index contributed by atoms with van der Waals surface area (Å²) in [5.74, 6) is -0.00117. The van der Waals surface area contributed by atoms with E-state index in [2.05, 4.69) is 0 Å². The van der Waals surface area contributed by atoms with Crippen molar-refractivity contribution in [1.29, 1.82) is 0 Å². The zero-order chi connectivity index (χ0) is 11.5. The summed E-state index contributed by atoms with van der Waals surface area (Å²) in [5.41, 5.74) is 1.87. The van der Waals surface area contributed by atoms with Crippen LogP contribution < -0.4 is 0 Å². The van der Waals surface area contributed by atoms with Crippen LogP contribution in [0.1, 0.15) is 17.5 Å². The summed E-state index contributed by atoms with van der Waals surface area (Å²) in [6.45, 7) is 0.976. The molecule has 2 N–H and O–H groups in total. The maximum absolute atomic E-state index is 11.4. The Kier molecular flexibility index (Phi) is 3.22. The van der Waals surface area contributed by atoms with Crippen molar-refractivity contribution in [2.45, 2.75) is 25.7 Å². The summed E-state index contributed by atoms with van der Waals surface area (Å²) >= 11 is 0. The van der Waals surface area contributed by atoms with Crippen LogP contribution in [0.15, 0.2) is 24.3 Å². The molecule has 1 unspecified atom stereocenters. The first-order valence-corrected chi connectivity index (χ1v) is 5.33. The summed E-state index contributed by atoms with van der Waals surface area (Å²) in [4.78, 5) is 13.1. The normalized spacial score (nSPS) is 20.5. The molecule has 4 heteroatoms. The Labute approximate surface area is 94.1 Å². The second-order valence-corrected chi connectivity index (χ2v) is 4.11. The van der Waals surface area contributed by atoms with Crippen LogP contribution in [-0.2, 0) is 17.9 Å². The average Bonchev–Trinajstić information content (AvgIpc) is 2.59. The van der Waals surface area contributed by atoms with Gasteiger partial charge in [0.25, 0.3) is 0 Å². The lowest BCUT2D eigenvalue weighted by atomic mass is 10.1. The zero-order valence-electron chi connectivity index (χ0n) is 8.97. The van der Waals surface area contributed by atoms with E-state index in [9.17, 15) is 9.90 Å². The molecule has 16 heavy (non-hydrogen) atoms. The van der Waals surface area contributed by atoms with Crippen molar-refractivity contribution in [3.63, 3.8) is 0 Å². The Morgan fingerprint density at radius 1 is 1.25 bits per heavy atom. The van der Waals surface area contributed by atoms with E-state index in [1.54, 1.807) is 4.90 Å². The van der Waals surface area contributed by atoms with Gasteiger partial charge in [0.05, 0.1) is 19.1 Å². The third-order valence-electron chi connectivity index (χ3n) is 2.77. The van der Waals surface area contributed by atoms with E-state index in [0.29, 0.717) is 13.1 Å². The van der Waals surface area contributed by atoms with Crippen LogP contribution in [0.2, 0.25) is 0 Å². The summed E-state index contributed by atoms with van der Waals surface area (Å²) in [7, 11) is 0. The predicted molar refractivity (Wildman–Crippen MR) is 58.4 cm³/mol. The molecule has 1 fully saturated rings. The van der Waals surface area contributed by atoms with E-state index >= 15 is 0 Å². The number of aliphatic hydroxyl groups excluding tert-OH is 2. The van der Waals surface area contributed by atoms with Gasteiger partial charge in [-0.1, -0.05) is 24.3 Å². The number of hydrogen-bond donors (Lipinski definition) is 2. The second-order valence-electron chi connectivity index (χ2n) is 4.11. The molecule has 1 atom stereocenters. The predicted octanol–water partition coefficient (Wildman–Crippen LogP) is 0.272. The third kappa shape index (κ3) is 2.40. The highest BCUT2D eigenvalue weighted by atomic mass is 16.3. The highest BCUT2D eigenvalue weighted by Crippen LogP contribution is 2.15. The minimum Gasteiger partial charge on any atom is -0.392 e. The molecule has 1 aromatic rings. The van der Waals surface area contributed by atoms with Gasteiger partial charge in [0, 0.05) is 13.1 Å². The van der Waals surface area contributed by atoms with Crippen molar-refractivity contribution in [3.05, 3.63) is 35.4 Å². The lowest BCUT2D eigenvalue weighted by Gasteiger charge is -2.15. The van der Waals surface area contributed by atoms with Crippen LogP contribution in [0.4, 0.5) is 0 Å². The first-order chi connectivity index (χ1) is 7.69. The van der Waals surface area contributed by atoms with Crippen molar-refractivity contribution in [2.75, 3.05) is 6.54 Å². The Morgan fingerprint density at radius 2 is 1.88 bits per heavy atom. The zero-order valence-corrected chi connectivity index (χ0v) is 8.97. The van der Waals surface area contributed by atoms with Gasteiger partial charge < -0.3 is 15.1 Å². The largest absolute Gasteiger partial charge is 0.392 e. The number of benzene rings is 1. The number of β-amino-alcohol motifs (C(OH)–C–C–N with tert-alkyl or cyclic N) is 1. The van der Waals surface area contributed by atoms with Gasteiger partial charge in [-0.05, 0) is 11.1 Å². The number of amides is 1. The summed E-state index contributed by atoms with van der Waals surface area (Å²) in [5, 5.41) is 18.2. The summed E-state index contributed by atoms with van der Waals surface area (Å²) < 4.78 is 0. The standard InChI is InChI=1S/C12H15NO3/c14-8-10-3-1-9(2-4-10)6-13-7-11(15)5-12(13)16/h1-4,11,14-15H,5-8H2. The molecule has 0 spiro atoms. The number of carbonyl (C=O) groups excluding carboxylic acids is 1. The van der Waals surface area contributed by atoms with E-state index in [4.69, 9.17) is 5.11 Å². The number of hydrogen-bond acceptors (Lipinski definition) is 3. The molecule has 1 aliphatic rings. The fraction of sp³-hybridized carbons (Fsp3) is 0.417. The first-order valence-electron chi connectivity index (χ1n) is 5.33. The molecule has 0 saturated carbocycles. The van der Waals surface area contributed by atoms with E-state index in [1.165, 1.54) is 0 Å². The van der Waals surface area contributed by atoms with Crippen molar-refractivity contribution in [3.8, 4) is 0 Å². The highest BCUT2D eigenvalue weighted by Gasteiger charge is 2.27. The molecule has 0 aliphatic carbocycles. The maximum atomic E-state index is 11.4. The smallest absolute Gasteiger partial charge is 0.225 e. The Bertz CT molecular complexity index is 374. The van der Waals surface area contributed by atoms with Gasteiger partial charge in [-0.2, -0.15) is 0 Å². The Hall–Kier alpha value is -1.39. The van der Waals surface area contributed by atoms with E-state index < -0.39 is 6.10 Å². The lowest BCUT2D eigenvalue weighted by molar-refractivity contribution is -0.128. The van der Waals surface area contributed by atoms with Crippen LogP contribution in [0.5, 0.6) is 0 Å². The fourth-order valence-corrected chi connectivity index (χ4v) is 1.87. The molecule has 0 radical (unpaired) electrons. The maximum Gasteiger partial charge on any atom is 0.225 e. The van der Waals surface area contributed by atoms with Crippen molar-refractivity contribution >= 4 is 5.91 Å². The number of aliphatic hydroxyl groups is 2. The van der Waals surface area contributed by atoms with Crippen molar-refractivity contribution < 1.29 is 15.0 Å². The molecule has 0 bridgehead atoms. The molecule has 1 aliphatic heterocycles. The molecule has 1 heterocycles. The molecule has 1 aromatic carbocycles. The molecular formula is C12H15NO3. The van der Waals surface area contributed by atoms with Crippen LogP contribution in [0.25, 0.3) is 0 Å². The third-order valence-corrected chi connectivity index (χ3v) is 2.77. The van der Waals surface area contributed by atoms with Crippen LogP contribution in [0, 0.1) is 0 Å². The Morgan fingerprint density at radius 3 is 2.38 bits per heavy atom. The highest BCUT2D eigenvalue weighted by molar-refractivity contribution is 5.79. The van der Waals surface area contributed by atoms with Crippen molar-refractivity contribution in [2.24, 2.45) is 0 Å². The summed E-state index contributed by atoms with van der Waals surface area (Å²) in [6.07, 6.45) is -0.293. The van der Waals surface area contributed by atoms with Crippen LogP contribution >= 0.6 is 0 Å². The quantitative estimate of drug-likeness (QED) is 0.770. The van der Waals surface area contributed by atoms with Gasteiger partial charge in [0.1, 0.15) is 0 Å². The van der Waals surface area contributed by atoms with Gasteiger partial charge in [-0.15, -0.1) is 0 Å². The molecule has 4 nitrogen and oxygen atoms in total. The number of carbonyl (C=O) groups is 1. The number of rotatable bonds is 3. The molecule has 2 rings (SSSR count). The molecular weight excluding hydrogens is 206 g/mol. The minimum absolute atomic E-state index is 0.00117. The van der Waals surface area contributed by atoms with E-state index in [0.717, 1.165) is 11.1 Å². The van der Waals surface area contributed by atoms with Crippen molar-refractivity contribution in [1.82, 2.24) is 4.90 Å². The first kappa shape index (κ1) is 11.1. The molecule has 1 saturated heterocycles. The second kappa shape index (κ2) is 4.63. The van der Waals surface area contributed by atoms with E-state index in [1.807, 2.05) is 24.3 Å². The lowest BCUT2D eigenvalue weighted by Crippen LogP contribution is -2.25. The monoisotopic (exact) mass is 221 g/mol. The summed E-state index contributed by atoms with van der Waals surface area (Å²) in [6, 6.07) is 7.46. The van der Waals surface area contributed by atoms with Gasteiger partial charge in [0.15, 0.2) is 0 Å². The number of likely N-dealkylation sites (tertiary alicyclic amines) is 1. The molecule has 86 valence electrons. The van der Waals surface area contributed by atoms with Gasteiger partial charge in [-0.25, -0.2) is 0 Å². The SMILES string of the molecule is O=C1CC(O)CN1Cc1ccc(CO)cc1. The van der Waals surface area contributed by atoms with Crippen LogP contribution in [-0.4, -0.2) is 33.7 Å². The minimum atomic E-state index is -0.524. The molecule has 0 aromatic heterocycles. The van der Waals surface area contributed by atoms with E-state index in [-0.39, 0.29) is 18.9 Å². The number of nitrogens with zero attached hydrogens (tertiary/aromatic N) is 1. The molecule has 1 amide bonds.